The Morgan fingerprint density at radius 3 is 2.58 bits per heavy atom. The zero-order valence-electron chi connectivity index (χ0n) is 18.1. The standard InChI is InChI=1S/C23H30O8/c1-13-4-9-18-14(2)20(27-16-7-5-15(6-8-16)26-12-19(24)25)28-21-23(18)17(13)10-11-22(3,29-21)30-31-23/h5-8,13-14,17-18,20-21H,4,9-12H2,1-3H3,(H,24,25)/t13-,14-,17+,18+,20+,21-,22+,23-/m1/s1. The number of aliphatic carboxylic acids is 1. The molecular formula is C23H30O8. The van der Waals surface area contributed by atoms with Crippen molar-refractivity contribution in [3.8, 4) is 11.5 Å². The summed E-state index contributed by atoms with van der Waals surface area (Å²) in [5.74, 6) is 0.356. The number of fused-ring (bicyclic) bond motifs is 2. The molecule has 4 saturated heterocycles. The van der Waals surface area contributed by atoms with Gasteiger partial charge in [-0.05, 0) is 62.3 Å². The number of benzene rings is 1. The van der Waals surface area contributed by atoms with Gasteiger partial charge in [-0.2, -0.15) is 0 Å². The predicted octanol–water partition coefficient (Wildman–Crippen LogP) is 3.74. The third-order valence-electron chi connectivity index (χ3n) is 7.54. The minimum absolute atomic E-state index is 0.0730. The lowest BCUT2D eigenvalue weighted by Gasteiger charge is -2.60. The molecule has 31 heavy (non-hydrogen) atoms. The Kier molecular flexibility index (Phi) is 5.16. The minimum atomic E-state index is -1.02. The maximum atomic E-state index is 10.7. The van der Waals surface area contributed by atoms with Crippen LogP contribution in [0.4, 0.5) is 0 Å². The number of carboxylic acids is 1. The SMILES string of the molecule is C[C@H]1[C@@H](Oc2ccc(OCC(=O)O)cc2)O[C@@H]2O[C@]3(C)CC[C@H]4[C@H](C)CC[C@@H]1[C@@]24OO3. The Hall–Kier alpha value is -1.87. The molecule has 1 N–H and O–H groups in total. The average molecular weight is 434 g/mol. The monoisotopic (exact) mass is 434 g/mol. The fourth-order valence-corrected chi connectivity index (χ4v) is 5.90. The number of carbonyl (C=O) groups is 1. The van der Waals surface area contributed by atoms with Gasteiger partial charge in [-0.1, -0.05) is 13.8 Å². The highest BCUT2D eigenvalue weighted by Crippen LogP contribution is 2.60. The molecule has 1 saturated carbocycles. The Labute approximate surface area is 181 Å². The first-order valence-electron chi connectivity index (χ1n) is 11.1. The van der Waals surface area contributed by atoms with Gasteiger partial charge in [0.15, 0.2) is 18.5 Å². The van der Waals surface area contributed by atoms with E-state index in [1.807, 2.05) is 6.92 Å². The number of hydrogen-bond donors (Lipinski definition) is 1. The van der Waals surface area contributed by atoms with Crippen molar-refractivity contribution in [1.29, 1.82) is 0 Å². The summed E-state index contributed by atoms with van der Waals surface area (Å²) in [6, 6.07) is 6.89. The van der Waals surface area contributed by atoms with Crippen molar-refractivity contribution >= 4 is 5.97 Å². The highest BCUT2D eigenvalue weighted by Gasteiger charge is 2.69. The fraction of sp³-hybridized carbons (Fsp3) is 0.696. The largest absolute Gasteiger partial charge is 0.482 e. The number of carboxylic acid groups (broad SMARTS) is 1. The molecule has 0 radical (unpaired) electrons. The fourth-order valence-electron chi connectivity index (χ4n) is 5.90. The van der Waals surface area contributed by atoms with Gasteiger partial charge in [0.1, 0.15) is 11.5 Å². The molecule has 0 amide bonds. The van der Waals surface area contributed by atoms with Crippen molar-refractivity contribution in [3.05, 3.63) is 24.3 Å². The molecule has 8 atom stereocenters. The summed E-state index contributed by atoms with van der Waals surface area (Å²) in [7, 11) is 0. The second-order valence-corrected chi connectivity index (χ2v) is 9.55. The van der Waals surface area contributed by atoms with E-state index in [-0.39, 0.29) is 18.4 Å². The van der Waals surface area contributed by atoms with E-state index in [0.717, 1.165) is 25.7 Å². The van der Waals surface area contributed by atoms with Gasteiger partial charge in [0.2, 0.25) is 12.1 Å². The molecule has 1 aromatic carbocycles. The van der Waals surface area contributed by atoms with Crippen LogP contribution in [-0.2, 0) is 24.0 Å². The van der Waals surface area contributed by atoms with Gasteiger partial charge >= 0.3 is 5.97 Å². The lowest BCUT2D eigenvalue weighted by Crippen LogP contribution is -2.70. The van der Waals surface area contributed by atoms with Crippen LogP contribution in [0.1, 0.15) is 46.5 Å². The molecule has 170 valence electrons. The van der Waals surface area contributed by atoms with Crippen molar-refractivity contribution in [2.75, 3.05) is 6.61 Å². The zero-order valence-corrected chi connectivity index (χ0v) is 18.1. The van der Waals surface area contributed by atoms with E-state index in [0.29, 0.717) is 23.3 Å². The summed E-state index contributed by atoms with van der Waals surface area (Å²) < 4.78 is 24.2. The molecule has 4 heterocycles. The van der Waals surface area contributed by atoms with Gasteiger partial charge in [0.25, 0.3) is 0 Å². The molecule has 1 aromatic rings. The molecule has 5 fully saturated rings. The third-order valence-corrected chi connectivity index (χ3v) is 7.54. The molecule has 0 unspecified atom stereocenters. The summed E-state index contributed by atoms with van der Waals surface area (Å²) in [6.07, 6.45) is 2.86. The van der Waals surface area contributed by atoms with E-state index in [1.165, 1.54) is 0 Å². The van der Waals surface area contributed by atoms with Crippen molar-refractivity contribution in [2.24, 2.45) is 23.7 Å². The van der Waals surface area contributed by atoms with Gasteiger partial charge in [-0.15, -0.1) is 0 Å². The van der Waals surface area contributed by atoms with Crippen molar-refractivity contribution in [2.45, 2.75) is 70.4 Å². The van der Waals surface area contributed by atoms with Crippen LogP contribution in [0.15, 0.2) is 24.3 Å². The Morgan fingerprint density at radius 2 is 1.84 bits per heavy atom. The van der Waals surface area contributed by atoms with Crippen LogP contribution in [0.5, 0.6) is 11.5 Å². The van der Waals surface area contributed by atoms with E-state index in [9.17, 15) is 4.79 Å². The van der Waals surface area contributed by atoms with Crippen LogP contribution in [0.25, 0.3) is 0 Å². The summed E-state index contributed by atoms with van der Waals surface area (Å²) in [4.78, 5) is 22.6. The van der Waals surface area contributed by atoms with Crippen molar-refractivity contribution in [1.82, 2.24) is 0 Å². The van der Waals surface area contributed by atoms with Crippen LogP contribution in [0, 0.1) is 23.7 Å². The highest BCUT2D eigenvalue weighted by atomic mass is 17.3. The first kappa shape index (κ1) is 21.0. The van der Waals surface area contributed by atoms with E-state index >= 15 is 0 Å². The summed E-state index contributed by atoms with van der Waals surface area (Å²) in [6.45, 7) is 5.95. The van der Waals surface area contributed by atoms with E-state index < -0.39 is 29.9 Å². The lowest BCUT2D eigenvalue weighted by molar-refractivity contribution is -0.575. The second kappa shape index (κ2) is 7.62. The van der Waals surface area contributed by atoms with Crippen LogP contribution in [0.2, 0.25) is 0 Å². The van der Waals surface area contributed by atoms with Crippen molar-refractivity contribution < 1.29 is 38.6 Å². The molecule has 0 aromatic heterocycles. The number of rotatable bonds is 5. The molecule has 4 aliphatic heterocycles. The quantitative estimate of drug-likeness (QED) is 0.701. The minimum Gasteiger partial charge on any atom is -0.482 e. The zero-order chi connectivity index (χ0) is 21.8. The maximum absolute atomic E-state index is 10.7. The lowest BCUT2D eigenvalue weighted by atomic mass is 9.58. The molecule has 5 aliphatic rings. The number of ether oxygens (including phenoxy) is 4. The van der Waals surface area contributed by atoms with Gasteiger partial charge in [-0.25, -0.2) is 14.6 Å². The van der Waals surface area contributed by atoms with Crippen molar-refractivity contribution in [3.63, 3.8) is 0 Å². The highest BCUT2D eigenvalue weighted by molar-refractivity contribution is 5.68. The van der Waals surface area contributed by atoms with E-state index in [2.05, 4.69) is 13.8 Å². The first-order chi connectivity index (χ1) is 14.8. The third kappa shape index (κ3) is 3.50. The van der Waals surface area contributed by atoms with Crippen LogP contribution in [-0.4, -0.2) is 41.7 Å². The van der Waals surface area contributed by atoms with E-state index in [4.69, 9.17) is 33.8 Å². The van der Waals surface area contributed by atoms with E-state index in [1.54, 1.807) is 24.3 Å². The molecule has 8 heteroatoms. The predicted molar refractivity (Wildman–Crippen MR) is 107 cm³/mol. The molecule has 6 rings (SSSR count). The molecule has 8 nitrogen and oxygen atoms in total. The van der Waals surface area contributed by atoms with Gasteiger partial charge in [0.05, 0.1) is 0 Å². The smallest absolute Gasteiger partial charge is 0.341 e. The van der Waals surface area contributed by atoms with Crippen LogP contribution >= 0.6 is 0 Å². The summed E-state index contributed by atoms with van der Waals surface area (Å²) in [5.41, 5.74) is -0.610. The van der Waals surface area contributed by atoms with Crippen LogP contribution in [0.3, 0.4) is 0 Å². The topological polar surface area (TPSA) is 92.7 Å². The molecule has 1 spiro atoms. The molecular weight excluding hydrogens is 404 g/mol. The average Bonchev–Trinajstić information content (AvgIpc) is 2.97. The Balaban J connectivity index is 1.37. The van der Waals surface area contributed by atoms with Crippen LogP contribution < -0.4 is 9.47 Å². The summed E-state index contributed by atoms with van der Waals surface area (Å²) >= 11 is 0. The summed E-state index contributed by atoms with van der Waals surface area (Å²) in [5, 5.41) is 8.74. The normalized spacial score (nSPS) is 43.6. The Bertz CT molecular complexity index is 827. The maximum Gasteiger partial charge on any atom is 0.341 e. The van der Waals surface area contributed by atoms with Gasteiger partial charge in [-0.3, -0.25) is 0 Å². The van der Waals surface area contributed by atoms with Gasteiger partial charge in [0, 0.05) is 18.3 Å². The second-order valence-electron chi connectivity index (χ2n) is 9.55. The Morgan fingerprint density at radius 1 is 1.10 bits per heavy atom. The first-order valence-corrected chi connectivity index (χ1v) is 11.1. The molecule has 2 bridgehead atoms. The van der Waals surface area contributed by atoms with Gasteiger partial charge < -0.3 is 24.1 Å². The number of hydrogen-bond acceptors (Lipinski definition) is 7. The molecule has 1 aliphatic carbocycles.